The number of hydrogen-bond donors (Lipinski definition) is 0. The molecule has 0 amide bonds. The third-order valence-corrected chi connectivity index (χ3v) is 3.18. The lowest BCUT2D eigenvalue weighted by molar-refractivity contribution is -0.385. The van der Waals surface area contributed by atoms with E-state index in [1.54, 1.807) is 30.3 Å². The van der Waals surface area contributed by atoms with Gasteiger partial charge in [-0.05, 0) is 29.8 Å². The summed E-state index contributed by atoms with van der Waals surface area (Å²) in [6.07, 6.45) is 2.88. The molecule has 0 unspecified atom stereocenters. The first-order valence-corrected chi connectivity index (χ1v) is 6.74. The molecule has 2 rings (SSSR count). The number of benzene rings is 2. The molecule has 0 spiro atoms. The van der Waals surface area contributed by atoms with Crippen molar-refractivity contribution in [3.8, 4) is 11.5 Å². The van der Waals surface area contributed by atoms with Crippen molar-refractivity contribution in [2.75, 3.05) is 14.2 Å². The maximum atomic E-state index is 12.1. The normalized spacial score (nSPS) is 10.5. The van der Waals surface area contributed by atoms with Crippen molar-refractivity contribution >= 4 is 17.5 Å². The highest BCUT2D eigenvalue weighted by atomic mass is 16.6. The molecule has 0 aliphatic heterocycles. The van der Waals surface area contributed by atoms with Crippen LogP contribution >= 0.6 is 0 Å². The summed E-state index contributed by atoms with van der Waals surface area (Å²) in [6.45, 7) is 0. The fraction of sp³-hybridized carbons (Fsp3) is 0.118. The molecule has 0 heterocycles. The van der Waals surface area contributed by atoms with Gasteiger partial charge in [-0.1, -0.05) is 24.3 Å². The monoisotopic (exact) mass is 313 g/mol. The molecule has 23 heavy (non-hydrogen) atoms. The van der Waals surface area contributed by atoms with Gasteiger partial charge in [0.05, 0.1) is 19.1 Å². The molecule has 0 fully saturated rings. The van der Waals surface area contributed by atoms with Gasteiger partial charge in [0.25, 0.3) is 0 Å². The topological polar surface area (TPSA) is 78.7 Å². The van der Waals surface area contributed by atoms with E-state index >= 15 is 0 Å². The Morgan fingerprint density at radius 3 is 2.57 bits per heavy atom. The Balaban J connectivity index is 2.24. The highest BCUT2D eigenvalue weighted by molar-refractivity contribution is 6.07. The summed E-state index contributed by atoms with van der Waals surface area (Å²) in [5.41, 5.74) is 0.862. The molecule has 0 saturated heterocycles. The summed E-state index contributed by atoms with van der Waals surface area (Å²) in [7, 11) is 2.89. The minimum atomic E-state index is -0.528. The summed E-state index contributed by atoms with van der Waals surface area (Å²) < 4.78 is 10.0. The average Bonchev–Trinajstić information content (AvgIpc) is 2.59. The zero-order valence-corrected chi connectivity index (χ0v) is 12.7. The van der Waals surface area contributed by atoms with Crippen LogP contribution in [0.5, 0.6) is 11.5 Å². The molecule has 0 aliphatic rings. The number of nitro groups is 1. The van der Waals surface area contributed by atoms with Crippen molar-refractivity contribution in [2.45, 2.75) is 0 Å². The van der Waals surface area contributed by atoms with E-state index in [2.05, 4.69) is 0 Å². The molecule has 0 saturated carbocycles. The number of rotatable bonds is 6. The van der Waals surface area contributed by atoms with Crippen LogP contribution in [0, 0.1) is 10.1 Å². The molecule has 6 nitrogen and oxygen atoms in total. The van der Waals surface area contributed by atoms with Gasteiger partial charge in [-0.15, -0.1) is 0 Å². The van der Waals surface area contributed by atoms with Crippen LogP contribution in [0.25, 0.3) is 6.08 Å². The van der Waals surface area contributed by atoms with E-state index in [0.717, 1.165) is 0 Å². The lowest BCUT2D eigenvalue weighted by Crippen LogP contribution is -1.96. The van der Waals surface area contributed by atoms with Crippen LogP contribution in [0.15, 0.2) is 48.5 Å². The van der Waals surface area contributed by atoms with Crippen LogP contribution in [0.3, 0.4) is 0 Å². The number of ketones is 1. The van der Waals surface area contributed by atoms with Crippen molar-refractivity contribution in [1.82, 2.24) is 0 Å². The third-order valence-electron chi connectivity index (χ3n) is 3.18. The van der Waals surface area contributed by atoms with E-state index < -0.39 is 4.92 Å². The van der Waals surface area contributed by atoms with Crippen LogP contribution in [0.1, 0.15) is 15.9 Å². The van der Waals surface area contributed by atoms with Gasteiger partial charge in [-0.2, -0.15) is 0 Å². The second-order valence-corrected chi connectivity index (χ2v) is 4.62. The fourth-order valence-corrected chi connectivity index (χ4v) is 2.00. The highest BCUT2D eigenvalue weighted by Gasteiger charge is 2.14. The summed E-state index contributed by atoms with van der Waals surface area (Å²) in [4.78, 5) is 22.6. The van der Waals surface area contributed by atoms with Gasteiger partial charge in [0, 0.05) is 11.6 Å². The maximum Gasteiger partial charge on any atom is 0.311 e. The van der Waals surface area contributed by atoms with Crippen LogP contribution in [-0.4, -0.2) is 24.9 Å². The fourth-order valence-electron chi connectivity index (χ4n) is 2.00. The first-order chi connectivity index (χ1) is 11.0. The van der Waals surface area contributed by atoms with Gasteiger partial charge in [-0.25, -0.2) is 0 Å². The van der Waals surface area contributed by atoms with Crippen molar-refractivity contribution in [2.24, 2.45) is 0 Å². The Bertz CT molecular complexity index is 767. The SMILES string of the molecule is COc1cccc(C(=O)/C=C/c2ccc(OC)c([N+](=O)[O-])c2)c1. The molecule has 0 atom stereocenters. The lowest BCUT2D eigenvalue weighted by Gasteiger charge is -2.02. The minimum Gasteiger partial charge on any atom is -0.497 e. The molecular formula is C17H15NO5. The van der Waals surface area contributed by atoms with E-state index in [4.69, 9.17) is 9.47 Å². The third kappa shape index (κ3) is 3.94. The Morgan fingerprint density at radius 1 is 1.13 bits per heavy atom. The molecule has 0 aliphatic carbocycles. The first-order valence-electron chi connectivity index (χ1n) is 6.74. The predicted octanol–water partition coefficient (Wildman–Crippen LogP) is 3.51. The molecule has 0 bridgehead atoms. The summed E-state index contributed by atoms with van der Waals surface area (Å²) in [6, 6.07) is 11.3. The largest absolute Gasteiger partial charge is 0.497 e. The number of ether oxygens (including phenoxy) is 2. The second-order valence-electron chi connectivity index (χ2n) is 4.62. The zero-order chi connectivity index (χ0) is 16.8. The summed E-state index contributed by atoms with van der Waals surface area (Å²) in [5.74, 6) is 0.540. The number of carbonyl (C=O) groups is 1. The van der Waals surface area contributed by atoms with Crippen molar-refractivity contribution in [1.29, 1.82) is 0 Å². The molecule has 118 valence electrons. The molecule has 0 radical (unpaired) electrons. The van der Waals surface area contributed by atoms with Gasteiger partial charge in [0.15, 0.2) is 11.5 Å². The smallest absolute Gasteiger partial charge is 0.311 e. The van der Waals surface area contributed by atoms with Crippen LogP contribution in [0.2, 0.25) is 0 Å². The number of nitrogens with zero attached hydrogens (tertiary/aromatic N) is 1. The van der Waals surface area contributed by atoms with Gasteiger partial charge in [-0.3, -0.25) is 14.9 Å². The molecular weight excluding hydrogens is 298 g/mol. The number of methoxy groups -OCH3 is 2. The first kappa shape index (κ1) is 16.2. The quantitative estimate of drug-likeness (QED) is 0.353. The predicted molar refractivity (Wildman–Crippen MR) is 86.0 cm³/mol. The molecule has 0 N–H and O–H groups in total. The average molecular weight is 313 g/mol. The number of nitro benzene ring substituents is 1. The van der Waals surface area contributed by atoms with Crippen LogP contribution < -0.4 is 9.47 Å². The highest BCUT2D eigenvalue weighted by Crippen LogP contribution is 2.28. The minimum absolute atomic E-state index is 0.150. The van der Waals surface area contributed by atoms with E-state index in [-0.39, 0.29) is 17.2 Å². The van der Waals surface area contributed by atoms with E-state index in [0.29, 0.717) is 16.9 Å². The van der Waals surface area contributed by atoms with E-state index in [1.165, 1.54) is 38.5 Å². The molecule has 2 aromatic carbocycles. The zero-order valence-electron chi connectivity index (χ0n) is 12.7. The van der Waals surface area contributed by atoms with Gasteiger partial charge in [0.1, 0.15) is 5.75 Å². The molecule has 6 heteroatoms. The van der Waals surface area contributed by atoms with Gasteiger partial charge < -0.3 is 9.47 Å². The Kier molecular flexibility index (Phi) is 5.09. The maximum absolute atomic E-state index is 12.1. The standard InChI is InChI=1S/C17H15NO5/c1-22-14-5-3-4-13(11-14)16(19)8-6-12-7-9-17(23-2)15(10-12)18(20)21/h3-11H,1-2H3/b8-6+. The van der Waals surface area contributed by atoms with Crippen molar-refractivity contribution in [3.63, 3.8) is 0 Å². The second kappa shape index (κ2) is 7.22. The Labute approximate surface area is 133 Å². The number of hydrogen-bond acceptors (Lipinski definition) is 5. The number of allylic oxidation sites excluding steroid dienone is 1. The van der Waals surface area contributed by atoms with Crippen LogP contribution in [-0.2, 0) is 0 Å². The summed E-state index contributed by atoms with van der Waals surface area (Å²) in [5, 5.41) is 11.0. The van der Waals surface area contributed by atoms with Crippen molar-refractivity contribution in [3.05, 3.63) is 69.8 Å². The van der Waals surface area contributed by atoms with E-state index in [1.807, 2.05) is 0 Å². The van der Waals surface area contributed by atoms with Gasteiger partial charge >= 0.3 is 5.69 Å². The van der Waals surface area contributed by atoms with Crippen molar-refractivity contribution < 1.29 is 19.2 Å². The Hall–Kier alpha value is -3.15. The van der Waals surface area contributed by atoms with Gasteiger partial charge in [0.2, 0.25) is 0 Å². The lowest BCUT2D eigenvalue weighted by atomic mass is 10.1. The summed E-state index contributed by atoms with van der Waals surface area (Å²) >= 11 is 0. The molecule has 0 aromatic heterocycles. The molecule has 2 aromatic rings. The number of carbonyl (C=O) groups excluding carboxylic acids is 1. The van der Waals surface area contributed by atoms with Crippen LogP contribution in [0.4, 0.5) is 5.69 Å². The van der Waals surface area contributed by atoms with E-state index in [9.17, 15) is 14.9 Å². The Morgan fingerprint density at radius 2 is 1.91 bits per heavy atom.